The van der Waals surface area contributed by atoms with Crippen LogP contribution in [0.25, 0.3) is 0 Å². The van der Waals surface area contributed by atoms with Crippen molar-refractivity contribution in [2.24, 2.45) is 0 Å². The van der Waals surface area contributed by atoms with Crippen LogP contribution in [-0.4, -0.2) is 11.5 Å². The monoisotopic (exact) mass is 268 g/mol. The smallest absolute Gasteiger partial charge is 0.275 e. The highest BCUT2D eigenvalue weighted by molar-refractivity contribution is 9.10. The first-order valence-corrected chi connectivity index (χ1v) is 5.01. The van der Waals surface area contributed by atoms with Crippen molar-refractivity contribution in [1.82, 2.24) is 5.32 Å². The molecule has 0 radical (unpaired) electrons. The first-order chi connectivity index (χ1) is 7.15. The predicted molar refractivity (Wildman–Crippen MR) is 61.3 cm³/mol. The molecule has 0 unspecified atom stereocenters. The second-order valence-electron chi connectivity index (χ2n) is 2.84. The van der Waals surface area contributed by atoms with Crippen LogP contribution < -0.4 is 5.32 Å². The largest absolute Gasteiger partial charge is 0.302 e. The molecule has 0 aliphatic carbocycles. The van der Waals surface area contributed by atoms with E-state index in [1.54, 1.807) is 12.1 Å². The van der Waals surface area contributed by atoms with Crippen molar-refractivity contribution in [2.45, 2.75) is 6.54 Å². The van der Waals surface area contributed by atoms with E-state index in [9.17, 15) is 10.1 Å². The second kappa shape index (κ2) is 5.49. The van der Waals surface area contributed by atoms with Gasteiger partial charge in [0.1, 0.15) is 0 Å². The van der Waals surface area contributed by atoms with Gasteiger partial charge in [-0.25, -0.2) is 0 Å². The van der Waals surface area contributed by atoms with Gasteiger partial charge < -0.3 is 5.32 Å². The minimum atomic E-state index is -0.405. The summed E-state index contributed by atoms with van der Waals surface area (Å²) in [5, 5.41) is 13.6. The van der Waals surface area contributed by atoms with E-state index in [1.165, 1.54) is 6.07 Å². The molecule has 0 atom stereocenters. The van der Waals surface area contributed by atoms with Gasteiger partial charge in [-0.2, -0.15) is 0 Å². The molecule has 1 N–H and O–H groups in total. The van der Waals surface area contributed by atoms with Gasteiger partial charge in [-0.15, -0.1) is 6.42 Å². The Bertz CT molecular complexity index is 412. The number of hydrogen-bond acceptors (Lipinski definition) is 3. The highest BCUT2D eigenvalue weighted by atomic mass is 79.9. The number of nitrogens with zero attached hydrogens (tertiary/aromatic N) is 1. The van der Waals surface area contributed by atoms with Gasteiger partial charge in [0.05, 0.1) is 11.5 Å². The van der Waals surface area contributed by atoms with Crippen LogP contribution in [0, 0.1) is 22.5 Å². The molecular formula is C10H9BrN2O2. The third kappa shape index (κ3) is 3.35. The summed E-state index contributed by atoms with van der Waals surface area (Å²) < 4.78 is 0.690. The maximum absolute atomic E-state index is 10.7. The molecule has 0 aliphatic rings. The fourth-order valence-corrected chi connectivity index (χ4v) is 1.47. The van der Waals surface area contributed by atoms with Crippen molar-refractivity contribution in [3.8, 4) is 12.3 Å². The third-order valence-corrected chi connectivity index (χ3v) is 2.28. The van der Waals surface area contributed by atoms with Crippen molar-refractivity contribution in [2.75, 3.05) is 6.54 Å². The molecular weight excluding hydrogens is 260 g/mol. The lowest BCUT2D eigenvalue weighted by molar-refractivity contribution is -0.385. The molecule has 0 saturated heterocycles. The number of nitro benzene ring substituents is 1. The number of nitro groups is 1. The van der Waals surface area contributed by atoms with Crippen LogP contribution in [0.1, 0.15) is 5.56 Å². The summed E-state index contributed by atoms with van der Waals surface area (Å²) in [4.78, 5) is 10.3. The van der Waals surface area contributed by atoms with E-state index >= 15 is 0 Å². The summed E-state index contributed by atoms with van der Waals surface area (Å²) in [6.45, 7) is 0.793. The van der Waals surface area contributed by atoms with E-state index in [2.05, 4.69) is 27.2 Å². The quantitative estimate of drug-likeness (QED) is 0.394. The van der Waals surface area contributed by atoms with Gasteiger partial charge in [0.15, 0.2) is 0 Å². The van der Waals surface area contributed by atoms with E-state index in [4.69, 9.17) is 6.42 Å². The SMILES string of the molecule is C#CCNCc1ccc(Br)cc1[N+](=O)[O-]. The highest BCUT2D eigenvalue weighted by Crippen LogP contribution is 2.23. The summed E-state index contributed by atoms with van der Waals surface area (Å²) >= 11 is 3.19. The van der Waals surface area contributed by atoms with Gasteiger partial charge in [-0.1, -0.05) is 21.9 Å². The molecule has 1 rings (SSSR count). The van der Waals surface area contributed by atoms with Gasteiger partial charge in [-0.3, -0.25) is 10.1 Å². The van der Waals surface area contributed by atoms with Crippen LogP contribution in [0.15, 0.2) is 22.7 Å². The Labute approximate surface area is 96.0 Å². The molecule has 0 heterocycles. The van der Waals surface area contributed by atoms with E-state index in [-0.39, 0.29) is 5.69 Å². The molecule has 5 heteroatoms. The Morgan fingerprint density at radius 1 is 1.60 bits per heavy atom. The molecule has 0 bridgehead atoms. The third-order valence-electron chi connectivity index (χ3n) is 1.79. The number of halogens is 1. The summed E-state index contributed by atoms with van der Waals surface area (Å²) in [5.74, 6) is 2.41. The van der Waals surface area contributed by atoms with Crippen LogP contribution in [0.4, 0.5) is 5.69 Å². The fraction of sp³-hybridized carbons (Fsp3) is 0.200. The minimum absolute atomic E-state index is 0.0916. The van der Waals surface area contributed by atoms with Crippen molar-refractivity contribution in [3.63, 3.8) is 0 Å². The van der Waals surface area contributed by atoms with E-state index in [0.29, 0.717) is 23.1 Å². The first kappa shape index (κ1) is 11.7. The fourth-order valence-electron chi connectivity index (χ4n) is 1.13. The number of nitrogens with one attached hydrogen (secondary N) is 1. The Kier molecular flexibility index (Phi) is 4.28. The number of rotatable bonds is 4. The molecule has 1 aromatic rings. The summed E-state index contributed by atoms with van der Waals surface area (Å²) in [6, 6.07) is 4.94. The van der Waals surface area contributed by atoms with Gasteiger partial charge in [0.2, 0.25) is 0 Å². The van der Waals surface area contributed by atoms with Gasteiger partial charge in [-0.05, 0) is 12.1 Å². The Morgan fingerprint density at radius 2 is 2.33 bits per heavy atom. The molecule has 78 valence electrons. The summed E-state index contributed by atoms with van der Waals surface area (Å²) in [7, 11) is 0. The van der Waals surface area contributed by atoms with E-state index in [0.717, 1.165) is 0 Å². The predicted octanol–water partition coefficient (Wildman–Crippen LogP) is 2.08. The Balaban J connectivity index is 2.87. The molecule has 0 fully saturated rings. The van der Waals surface area contributed by atoms with Crippen molar-refractivity contribution < 1.29 is 4.92 Å². The number of hydrogen-bond donors (Lipinski definition) is 1. The van der Waals surface area contributed by atoms with Crippen LogP contribution in [0.5, 0.6) is 0 Å². The normalized spacial score (nSPS) is 9.60. The first-order valence-electron chi connectivity index (χ1n) is 4.22. The molecule has 0 saturated carbocycles. The lowest BCUT2D eigenvalue weighted by Gasteiger charge is -2.03. The van der Waals surface area contributed by atoms with Crippen LogP contribution in [0.2, 0.25) is 0 Å². The molecule has 0 aromatic heterocycles. The second-order valence-corrected chi connectivity index (χ2v) is 3.75. The average molecular weight is 269 g/mol. The lowest BCUT2D eigenvalue weighted by Crippen LogP contribution is -2.14. The zero-order valence-corrected chi connectivity index (χ0v) is 9.45. The van der Waals surface area contributed by atoms with Gasteiger partial charge >= 0.3 is 0 Å². The average Bonchev–Trinajstić information content (AvgIpc) is 2.20. The number of benzene rings is 1. The van der Waals surface area contributed by atoms with Gasteiger partial charge in [0.25, 0.3) is 5.69 Å². The standard InChI is InChI=1S/C10H9BrN2O2/c1-2-5-12-7-8-3-4-9(11)6-10(8)13(14)15/h1,3-4,6,12H,5,7H2. The van der Waals surface area contributed by atoms with Crippen LogP contribution in [-0.2, 0) is 6.54 Å². The minimum Gasteiger partial charge on any atom is -0.302 e. The number of terminal acetylenes is 1. The molecule has 1 aromatic carbocycles. The molecule has 0 spiro atoms. The maximum Gasteiger partial charge on any atom is 0.275 e. The van der Waals surface area contributed by atoms with Crippen LogP contribution in [0.3, 0.4) is 0 Å². The molecule has 0 amide bonds. The van der Waals surface area contributed by atoms with Crippen molar-refractivity contribution in [1.29, 1.82) is 0 Å². The summed E-state index contributed by atoms with van der Waals surface area (Å²) in [5.41, 5.74) is 0.715. The Morgan fingerprint density at radius 3 is 2.93 bits per heavy atom. The van der Waals surface area contributed by atoms with Crippen LogP contribution >= 0.6 is 15.9 Å². The lowest BCUT2D eigenvalue weighted by atomic mass is 10.2. The summed E-state index contributed by atoms with van der Waals surface area (Å²) in [6.07, 6.45) is 5.06. The zero-order valence-electron chi connectivity index (χ0n) is 7.87. The Hall–Kier alpha value is -1.38. The maximum atomic E-state index is 10.7. The van der Waals surface area contributed by atoms with E-state index < -0.39 is 4.92 Å². The molecule has 4 nitrogen and oxygen atoms in total. The van der Waals surface area contributed by atoms with Crippen molar-refractivity contribution >= 4 is 21.6 Å². The molecule has 0 aliphatic heterocycles. The van der Waals surface area contributed by atoms with Gasteiger partial charge in [0, 0.05) is 22.6 Å². The zero-order chi connectivity index (χ0) is 11.3. The van der Waals surface area contributed by atoms with E-state index in [1.807, 2.05) is 0 Å². The highest BCUT2D eigenvalue weighted by Gasteiger charge is 2.12. The molecule has 15 heavy (non-hydrogen) atoms. The topological polar surface area (TPSA) is 55.2 Å². The van der Waals surface area contributed by atoms with Crippen molar-refractivity contribution in [3.05, 3.63) is 38.3 Å².